The van der Waals surface area contributed by atoms with E-state index in [0.29, 0.717) is 11.1 Å². The van der Waals surface area contributed by atoms with Crippen LogP contribution in [0.25, 0.3) is 0 Å². The highest BCUT2D eigenvalue weighted by Crippen LogP contribution is 2.33. The van der Waals surface area contributed by atoms with Crippen LogP contribution in [0, 0.1) is 0 Å². The lowest BCUT2D eigenvalue weighted by Crippen LogP contribution is -2.29. The van der Waals surface area contributed by atoms with E-state index < -0.39 is 0 Å². The molecule has 0 heterocycles. The number of halogens is 1. The first-order valence-electron chi connectivity index (χ1n) is 6.44. The second-order valence-corrected chi connectivity index (χ2v) is 6.00. The zero-order chi connectivity index (χ0) is 13.8. The Labute approximate surface area is 116 Å². The van der Waals surface area contributed by atoms with Crippen molar-refractivity contribution in [3.8, 4) is 5.75 Å². The number of hydrogen-bond acceptors (Lipinski definition) is 2. The van der Waals surface area contributed by atoms with Gasteiger partial charge in [0.05, 0.1) is 12.1 Å². The summed E-state index contributed by atoms with van der Waals surface area (Å²) in [5.74, 6) is 0.749. The minimum absolute atomic E-state index is 0.111. The second-order valence-electron chi connectivity index (χ2n) is 5.59. The van der Waals surface area contributed by atoms with Crippen molar-refractivity contribution in [1.82, 2.24) is 5.32 Å². The maximum absolute atomic E-state index is 6.05. The Bertz CT molecular complexity index is 388. The van der Waals surface area contributed by atoms with Gasteiger partial charge in [0, 0.05) is 6.04 Å². The predicted molar refractivity (Wildman–Crippen MR) is 78.8 cm³/mol. The average Bonchev–Trinajstić information content (AvgIpc) is 2.28. The maximum atomic E-state index is 6.05. The molecule has 0 aliphatic carbocycles. The van der Waals surface area contributed by atoms with Gasteiger partial charge in [-0.2, -0.15) is 0 Å². The highest BCUT2D eigenvalue weighted by molar-refractivity contribution is 6.32. The molecule has 18 heavy (non-hydrogen) atoms. The molecule has 1 aromatic carbocycles. The zero-order valence-electron chi connectivity index (χ0n) is 12.0. The molecule has 0 aromatic heterocycles. The van der Waals surface area contributed by atoms with Gasteiger partial charge in [0.2, 0.25) is 0 Å². The van der Waals surface area contributed by atoms with Gasteiger partial charge in [-0.15, -0.1) is 0 Å². The van der Waals surface area contributed by atoms with Crippen molar-refractivity contribution in [2.24, 2.45) is 0 Å². The quantitative estimate of drug-likeness (QED) is 0.842. The molecule has 0 aliphatic heterocycles. The number of methoxy groups -OCH3 is 1. The van der Waals surface area contributed by atoms with Crippen LogP contribution in [-0.2, 0) is 5.41 Å². The highest BCUT2D eigenvalue weighted by Gasteiger charge is 2.21. The van der Waals surface area contributed by atoms with Gasteiger partial charge in [-0.3, -0.25) is 0 Å². The molecule has 0 saturated carbocycles. The first-order chi connectivity index (χ1) is 8.36. The third-order valence-corrected chi connectivity index (χ3v) is 3.55. The van der Waals surface area contributed by atoms with E-state index in [-0.39, 0.29) is 5.41 Å². The summed E-state index contributed by atoms with van der Waals surface area (Å²) in [6, 6.07) is 6.56. The molecule has 102 valence electrons. The largest absolute Gasteiger partial charge is 0.495 e. The summed E-state index contributed by atoms with van der Waals surface area (Å²) in [4.78, 5) is 0. The van der Waals surface area contributed by atoms with Gasteiger partial charge in [0.15, 0.2) is 0 Å². The smallest absolute Gasteiger partial charge is 0.137 e. The van der Waals surface area contributed by atoms with Crippen LogP contribution in [0.15, 0.2) is 18.2 Å². The number of hydrogen-bond donors (Lipinski definition) is 1. The first kappa shape index (κ1) is 15.3. The van der Waals surface area contributed by atoms with Crippen molar-refractivity contribution >= 4 is 11.6 Å². The van der Waals surface area contributed by atoms with Crippen molar-refractivity contribution < 1.29 is 4.74 Å². The second kappa shape index (κ2) is 6.44. The fourth-order valence-electron chi connectivity index (χ4n) is 1.90. The molecule has 1 N–H and O–H groups in total. The summed E-state index contributed by atoms with van der Waals surface area (Å²) in [5, 5.41) is 4.12. The van der Waals surface area contributed by atoms with Gasteiger partial charge >= 0.3 is 0 Å². The average molecular weight is 270 g/mol. The van der Waals surface area contributed by atoms with E-state index in [1.807, 2.05) is 12.1 Å². The summed E-state index contributed by atoms with van der Waals surface area (Å²) in [6.07, 6.45) is 1.08. The molecule has 0 radical (unpaired) electrons. The van der Waals surface area contributed by atoms with E-state index in [1.54, 1.807) is 7.11 Å². The Balaban J connectivity index is 2.77. The predicted octanol–water partition coefficient (Wildman–Crippen LogP) is 4.01. The fourth-order valence-corrected chi connectivity index (χ4v) is 2.09. The summed E-state index contributed by atoms with van der Waals surface area (Å²) in [6.45, 7) is 9.83. The molecule has 2 nitrogen and oxygen atoms in total. The number of benzene rings is 1. The first-order valence-corrected chi connectivity index (χ1v) is 6.82. The zero-order valence-corrected chi connectivity index (χ0v) is 12.8. The van der Waals surface area contributed by atoms with Crippen molar-refractivity contribution in [3.63, 3.8) is 0 Å². The van der Waals surface area contributed by atoms with Crippen LogP contribution in [0.2, 0.25) is 5.02 Å². The monoisotopic (exact) mass is 269 g/mol. The van der Waals surface area contributed by atoms with Crippen LogP contribution in [0.3, 0.4) is 0 Å². The van der Waals surface area contributed by atoms with Crippen molar-refractivity contribution in [1.29, 1.82) is 0 Å². The molecule has 3 heteroatoms. The molecular formula is C15H24ClNO. The van der Waals surface area contributed by atoms with Gasteiger partial charge < -0.3 is 10.1 Å². The molecular weight excluding hydrogens is 246 g/mol. The number of nitrogens with one attached hydrogen (secondary N) is 1. The minimum Gasteiger partial charge on any atom is -0.495 e. The van der Waals surface area contributed by atoms with E-state index in [9.17, 15) is 0 Å². The summed E-state index contributed by atoms with van der Waals surface area (Å²) < 4.78 is 5.28. The molecule has 1 aromatic rings. The number of rotatable bonds is 6. The minimum atomic E-state index is 0.111. The van der Waals surface area contributed by atoms with Gasteiger partial charge in [-0.25, -0.2) is 0 Å². The Kier molecular flexibility index (Phi) is 5.48. The SMILES string of the molecule is COc1cc(C(C)(C)CCNC(C)C)ccc1Cl. The summed E-state index contributed by atoms with van der Waals surface area (Å²) in [5.41, 5.74) is 1.37. The Morgan fingerprint density at radius 3 is 2.56 bits per heavy atom. The van der Waals surface area contributed by atoms with E-state index >= 15 is 0 Å². The fraction of sp³-hybridized carbons (Fsp3) is 0.600. The molecule has 0 amide bonds. The van der Waals surface area contributed by atoms with Crippen molar-refractivity contribution in [2.45, 2.75) is 45.6 Å². The normalized spacial score (nSPS) is 11.9. The standard InChI is InChI=1S/C15H24ClNO/c1-11(2)17-9-8-15(3,4)12-6-7-13(16)14(10-12)18-5/h6-7,10-11,17H,8-9H2,1-5H3. The molecule has 0 spiro atoms. The van der Waals surface area contributed by atoms with Crippen LogP contribution in [-0.4, -0.2) is 19.7 Å². The van der Waals surface area contributed by atoms with Crippen LogP contribution < -0.4 is 10.1 Å². The van der Waals surface area contributed by atoms with E-state index in [0.717, 1.165) is 18.7 Å². The van der Waals surface area contributed by atoms with E-state index in [4.69, 9.17) is 16.3 Å². The Morgan fingerprint density at radius 1 is 1.33 bits per heavy atom. The van der Waals surface area contributed by atoms with Crippen molar-refractivity contribution in [2.75, 3.05) is 13.7 Å². The summed E-state index contributed by atoms with van der Waals surface area (Å²) >= 11 is 6.05. The molecule has 1 rings (SSSR count). The van der Waals surface area contributed by atoms with Crippen LogP contribution >= 0.6 is 11.6 Å². The molecule has 0 atom stereocenters. The lowest BCUT2D eigenvalue weighted by atomic mass is 9.81. The molecule has 0 unspecified atom stereocenters. The van der Waals surface area contributed by atoms with E-state index in [1.165, 1.54) is 5.56 Å². The van der Waals surface area contributed by atoms with Crippen molar-refractivity contribution in [3.05, 3.63) is 28.8 Å². The van der Waals surface area contributed by atoms with Crippen LogP contribution in [0.4, 0.5) is 0 Å². The van der Waals surface area contributed by atoms with Gasteiger partial charge in [-0.05, 0) is 36.1 Å². The van der Waals surface area contributed by atoms with Crippen LogP contribution in [0.1, 0.15) is 39.7 Å². The van der Waals surface area contributed by atoms with Gasteiger partial charge in [-0.1, -0.05) is 45.4 Å². The lowest BCUT2D eigenvalue weighted by molar-refractivity contribution is 0.408. The molecule has 0 saturated heterocycles. The maximum Gasteiger partial charge on any atom is 0.137 e. The topological polar surface area (TPSA) is 21.3 Å². The Hall–Kier alpha value is -0.730. The third kappa shape index (κ3) is 4.18. The molecule has 0 bridgehead atoms. The van der Waals surface area contributed by atoms with Crippen LogP contribution in [0.5, 0.6) is 5.75 Å². The lowest BCUT2D eigenvalue weighted by Gasteiger charge is -2.26. The Morgan fingerprint density at radius 2 is 2.00 bits per heavy atom. The van der Waals surface area contributed by atoms with E-state index in [2.05, 4.69) is 39.1 Å². The molecule has 0 aliphatic rings. The number of ether oxygens (including phenoxy) is 1. The third-order valence-electron chi connectivity index (χ3n) is 3.24. The van der Waals surface area contributed by atoms with Gasteiger partial charge in [0.1, 0.15) is 5.75 Å². The highest BCUT2D eigenvalue weighted by atomic mass is 35.5. The summed E-state index contributed by atoms with van der Waals surface area (Å²) in [7, 11) is 1.65. The van der Waals surface area contributed by atoms with Gasteiger partial charge in [0.25, 0.3) is 0 Å². The molecule has 0 fully saturated rings.